The van der Waals surface area contributed by atoms with Gasteiger partial charge in [-0.05, 0) is 44.4 Å². The highest BCUT2D eigenvalue weighted by atomic mass is 16.5. The van der Waals surface area contributed by atoms with E-state index in [0.29, 0.717) is 13.0 Å². The molecule has 0 spiro atoms. The summed E-state index contributed by atoms with van der Waals surface area (Å²) in [6.45, 7) is 1.96. The van der Waals surface area contributed by atoms with Gasteiger partial charge < -0.3 is 14.8 Å². The number of benzene rings is 1. The molecule has 0 bridgehead atoms. The summed E-state index contributed by atoms with van der Waals surface area (Å²) in [7, 11) is 1.53. The minimum absolute atomic E-state index is 0.0277. The van der Waals surface area contributed by atoms with Crippen LogP contribution in [0.1, 0.15) is 76.5 Å². The fraction of sp³-hybridized carbons (Fsp3) is 0.522. The Labute approximate surface area is 192 Å². The van der Waals surface area contributed by atoms with E-state index in [2.05, 4.69) is 10.6 Å². The van der Waals surface area contributed by atoms with Gasteiger partial charge in [-0.1, -0.05) is 19.3 Å². The maximum absolute atomic E-state index is 12.6. The van der Waals surface area contributed by atoms with E-state index in [4.69, 9.17) is 9.47 Å². The van der Waals surface area contributed by atoms with Crippen molar-refractivity contribution in [1.82, 2.24) is 15.5 Å². The monoisotopic (exact) mass is 459 g/mol. The second kappa shape index (κ2) is 11.0. The van der Waals surface area contributed by atoms with Crippen LogP contribution in [0.2, 0.25) is 0 Å². The number of imide groups is 2. The van der Waals surface area contributed by atoms with Crippen molar-refractivity contribution >= 4 is 29.7 Å². The van der Waals surface area contributed by atoms with Gasteiger partial charge in [0.2, 0.25) is 0 Å². The van der Waals surface area contributed by atoms with E-state index in [-0.39, 0.29) is 29.3 Å². The fourth-order valence-electron chi connectivity index (χ4n) is 3.95. The van der Waals surface area contributed by atoms with Crippen LogP contribution in [0.3, 0.4) is 0 Å². The highest BCUT2D eigenvalue weighted by Crippen LogP contribution is 2.25. The van der Waals surface area contributed by atoms with Gasteiger partial charge in [-0.3, -0.25) is 24.6 Å². The second-order valence-corrected chi connectivity index (χ2v) is 8.21. The maximum atomic E-state index is 12.6. The molecule has 0 radical (unpaired) electrons. The van der Waals surface area contributed by atoms with Gasteiger partial charge in [-0.2, -0.15) is 0 Å². The predicted molar refractivity (Wildman–Crippen MR) is 117 cm³/mol. The zero-order valence-corrected chi connectivity index (χ0v) is 18.8. The number of carbonyl (C=O) groups excluding carboxylic acids is 5. The number of hydrogen-bond acceptors (Lipinski definition) is 7. The lowest BCUT2D eigenvalue weighted by atomic mass is 9.96. The SMILES string of the molecule is COCCCN1C(=O)c2ccc(C(=O)O[C@H](C)C(=O)NC(=O)NC3CCCCC3)cc2C1=O. The van der Waals surface area contributed by atoms with E-state index in [1.54, 1.807) is 0 Å². The third kappa shape index (κ3) is 5.95. The molecule has 1 atom stereocenters. The molecule has 1 aromatic carbocycles. The quantitative estimate of drug-likeness (QED) is 0.345. The van der Waals surface area contributed by atoms with Crippen molar-refractivity contribution in [3.05, 3.63) is 34.9 Å². The number of ether oxygens (including phenoxy) is 2. The second-order valence-electron chi connectivity index (χ2n) is 8.21. The molecule has 0 unspecified atom stereocenters. The van der Waals surface area contributed by atoms with Crippen LogP contribution in [-0.4, -0.2) is 67.0 Å². The minimum atomic E-state index is -1.23. The first-order valence-electron chi connectivity index (χ1n) is 11.1. The standard InChI is InChI=1S/C23H29N3O7/c1-14(19(27)25-23(31)24-16-7-4-3-5-8-16)33-22(30)15-9-10-17-18(13-15)21(29)26(20(17)28)11-6-12-32-2/h9-10,13-14,16H,3-8,11-12H2,1-2H3,(H2,24,25,27,31)/t14-/m1/s1. The van der Waals surface area contributed by atoms with E-state index in [0.717, 1.165) is 37.0 Å². The Balaban J connectivity index is 1.56. The van der Waals surface area contributed by atoms with Gasteiger partial charge >= 0.3 is 12.0 Å². The summed E-state index contributed by atoms with van der Waals surface area (Å²) in [5.74, 6) is -2.52. The third-order valence-electron chi connectivity index (χ3n) is 5.77. The van der Waals surface area contributed by atoms with E-state index in [1.807, 2.05) is 0 Å². The molecule has 2 aliphatic rings. The zero-order valence-electron chi connectivity index (χ0n) is 18.8. The minimum Gasteiger partial charge on any atom is -0.449 e. The van der Waals surface area contributed by atoms with Gasteiger partial charge in [0.1, 0.15) is 0 Å². The van der Waals surface area contributed by atoms with E-state index in [1.165, 1.54) is 32.2 Å². The van der Waals surface area contributed by atoms with Crippen molar-refractivity contribution in [3.63, 3.8) is 0 Å². The molecule has 1 heterocycles. The molecule has 178 valence electrons. The summed E-state index contributed by atoms with van der Waals surface area (Å²) < 4.78 is 10.1. The number of nitrogens with zero attached hydrogens (tertiary/aromatic N) is 1. The van der Waals surface area contributed by atoms with E-state index >= 15 is 0 Å². The van der Waals surface area contributed by atoms with Crippen LogP contribution in [0.4, 0.5) is 4.79 Å². The normalized spacial score (nSPS) is 16.8. The van der Waals surface area contributed by atoms with Crippen molar-refractivity contribution in [3.8, 4) is 0 Å². The lowest BCUT2D eigenvalue weighted by Gasteiger charge is -2.23. The Kier molecular flexibility index (Phi) is 8.16. The molecule has 33 heavy (non-hydrogen) atoms. The molecule has 0 aromatic heterocycles. The first kappa shape index (κ1) is 24.4. The summed E-state index contributed by atoms with van der Waals surface area (Å²) >= 11 is 0. The highest BCUT2D eigenvalue weighted by Gasteiger charge is 2.36. The van der Waals surface area contributed by atoms with E-state index < -0.39 is 35.8 Å². The Morgan fingerprint density at radius 1 is 1.09 bits per heavy atom. The molecule has 10 nitrogen and oxygen atoms in total. The van der Waals surface area contributed by atoms with Gasteiger partial charge in [0, 0.05) is 26.3 Å². The molecule has 1 aromatic rings. The zero-order chi connectivity index (χ0) is 24.0. The molecule has 3 rings (SSSR count). The lowest BCUT2D eigenvalue weighted by Crippen LogP contribution is -2.48. The average Bonchev–Trinajstić information content (AvgIpc) is 3.04. The Hall–Kier alpha value is -3.27. The van der Waals surface area contributed by atoms with Crippen LogP contribution in [0, 0.1) is 0 Å². The first-order valence-corrected chi connectivity index (χ1v) is 11.1. The lowest BCUT2D eigenvalue weighted by molar-refractivity contribution is -0.127. The van der Waals surface area contributed by atoms with Crippen LogP contribution in [-0.2, 0) is 14.3 Å². The number of methoxy groups -OCH3 is 1. The van der Waals surface area contributed by atoms with Crippen LogP contribution in [0.25, 0.3) is 0 Å². The summed E-state index contributed by atoms with van der Waals surface area (Å²) in [6, 6.07) is 3.46. The summed E-state index contributed by atoms with van der Waals surface area (Å²) in [4.78, 5) is 63.0. The molecule has 1 aliphatic heterocycles. The van der Waals surface area contributed by atoms with Crippen molar-refractivity contribution in [1.29, 1.82) is 0 Å². The van der Waals surface area contributed by atoms with Gasteiger partial charge in [0.05, 0.1) is 16.7 Å². The number of carbonyl (C=O) groups is 5. The number of nitrogens with one attached hydrogen (secondary N) is 2. The number of rotatable bonds is 8. The number of hydrogen-bond donors (Lipinski definition) is 2. The predicted octanol–water partition coefficient (Wildman–Crippen LogP) is 2.02. The van der Waals surface area contributed by atoms with Gasteiger partial charge in [0.15, 0.2) is 6.10 Å². The molecule has 5 amide bonds. The van der Waals surface area contributed by atoms with Gasteiger partial charge in [-0.15, -0.1) is 0 Å². The average molecular weight is 459 g/mol. The van der Waals surface area contributed by atoms with Gasteiger partial charge in [-0.25, -0.2) is 9.59 Å². The number of amides is 5. The topological polar surface area (TPSA) is 131 Å². The Bertz CT molecular complexity index is 940. The molecule has 10 heteroatoms. The van der Waals surface area contributed by atoms with Crippen molar-refractivity contribution in [2.24, 2.45) is 0 Å². The van der Waals surface area contributed by atoms with Crippen LogP contribution >= 0.6 is 0 Å². The number of urea groups is 1. The largest absolute Gasteiger partial charge is 0.449 e. The Morgan fingerprint density at radius 2 is 1.79 bits per heavy atom. The van der Waals surface area contributed by atoms with Crippen molar-refractivity contribution < 1.29 is 33.4 Å². The van der Waals surface area contributed by atoms with Crippen LogP contribution in [0.15, 0.2) is 18.2 Å². The third-order valence-corrected chi connectivity index (χ3v) is 5.77. The van der Waals surface area contributed by atoms with E-state index in [9.17, 15) is 24.0 Å². The summed E-state index contributed by atoms with van der Waals surface area (Å²) in [5, 5.41) is 4.94. The molecular weight excluding hydrogens is 430 g/mol. The van der Waals surface area contributed by atoms with Crippen LogP contribution < -0.4 is 10.6 Å². The summed E-state index contributed by atoms with van der Waals surface area (Å²) in [6.07, 6.45) is 4.22. The fourth-order valence-corrected chi connectivity index (χ4v) is 3.95. The molecule has 2 N–H and O–H groups in total. The van der Waals surface area contributed by atoms with Gasteiger partial charge in [0.25, 0.3) is 17.7 Å². The number of esters is 1. The molecule has 1 saturated carbocycles. The number of fused-ring (bicyclic) bond motifs is 1. The van der Waals surface area contributed by atoms with Crippen molar-refractivity contribution in [2.45, 2.75) is 57.6 Å². The smallest absolute Gasteiger partial charge is 0.338 e. The van der Waals surface area contributed by atoms with Crippen LogP contribution in [0.5, 0.6) is 0 Å². The molecule has 0 saturated heterocycles. The summed E-state index contributed by atoms with van der Waals surface area (Å²) in [5.41, 5.74) is 0.343. The molecular formula is C23H29N3O7. The molecule has 1 aliphatic carbocycles. The Morgan fingerprint density at radius 3 is 2.48 bits per heavy atom. The van der Waals surface area contributed by atoms with Crippen molar-refractivity contribution in [2.75, 3.05) is 20.3 Å². The maximum Gasteiger partial charge on any atom is 0.338 e. The molecule has 1 fully saturated rings. The highest BCUT2D eigenvalue weighted by molar-refractivity contribution is 6.22. The first-order chi connectivity index (χ1) is 15.8.